The van der Waals surface area contributed by atoms with Gasteiger partial charge in [0.05, 0.1) is 11.0 Å². The maximum Gasteiger partial charge on any atom is 0.135 e. The lowest BCUT2D eigenvalue weighted by molar-refractivity contribution is 0.265. The number of imidazole rings is 1. The van der Waals surface area contributed by atoms with Crippen LogP contribution in [0.1, 0.15) is 50.9 Å². The fourth-order valence-corrected chi connectivity index (χ4v) is 2.24. The number of nitrogens with zero attached hydrogens (tertiary/aromatic N) is 2. The molecular formula is C15H22N2O. The van der Waals surface area contributed by atoms with Crippen LogP contribution < -0.4 is 0 Å². The van der Waals surface area contributed by atoms with Gasteiger partial charge in [-0.15, -0.1) is 0 Å². The van der Waals surface area contributed by atoms with Crippen LogP contribution in [0.5, 0.6) is 0 Å². The van der Waals surface area contributed by atoms with Gasteiger partial charge in [0.1, 0.15) is 12.4 Å². The summed E-state index contributed by atoms with van der Waals surface area (Å²) in [6, 6.07) is 6.44. The lowest BCUT2D eigenvalue weighted by atomic mass is 10.0. The Morgan fingerprint density at radius 3 is 2.72 bits per heavy atom. The van der Waals surface area contributed by atoms with Crippen molar-refractivity contribution in [3.63, 3.8) is 0 Å². The minimum absolute atomic E-state index is 0.00933. The molecular weight excluding hydrogens is 224 g/mol. The van der Waals surface area contributed by atoms with Crippen LogP contribution in [0, 0.1) is 0 Å². The Balaban J connectivity index is 2.48. The number of unbranched alkanes of at least 4 members (excludes halogenated alkanes) is 1. The molecule has 0 aliphatic heterocycles. The van der Waals surface area contributed by atoms with E-state index >= 15 is 0 Å². The van der Waals surface area contributed by atoms with E-state index in [2.05, 4.69) is 48.5 Å². The molecule has 0 aliphatic carbocycles. The lowest BCUT2D eigenvalue weighted by Gasteiger charge is -2.08. The van der Waals surface area contributed by atoms with Crippen molar-refractivity contribution in [3.8, 4) is 0 Å². The molecule has 3 heteroatoms. The van der Waals surface area contributed by atoms with E-state index in [4.69, 9.17) is 0 Å². The van der Waals surface area contributed by atoms with E-state index in [9.17, 15) is 5.11 Å². The Morgan fingerprint density at radius 1 is 1.33 bits per heavy atom. The normalized spacial score (nSPS) is 11.6. The van der Waals surface area contributed by atoms with Crippen LogP contribution in [0.15, 0.2) is 18.2 Å². The predicted molar refractivity (Wildman–Crippen MR) is 74.7 cm³/mol. The second-order valence-electron chi connectivity index (χ2n) is 5.09. The molecule has 18 heavy (non-hydrogen) atoms. The standard InChI is InChI=1S/C15H22N2O/c1-4-5-8-17-14-7-6-12(11(2)3)9-13(14)16-15(17)10-18/h6-7,9,11,18H,4-5,8,10H2,1-3H3. The highest BCUT2D eigenvalue weighted by molar-refractivity contribution is 5.77. The van der Waals surface area contributed by atoms with Crippen molar-refractivity contribution < 1.29 is 5.11 Å². The number of hydrogen-bond acceptors (Lipinski definition) is 2. The molecule has 0 amide bonds. The van der Waals surface area contributed by atoms with Gasteiger partial charge in [0.2, 0.25) is 0 Å². The molecule has 2 aromatic rings. The van der Waals surface area contributed by atoms with Crippen LogP contribution in [-0.4, -0.2) is 14.7 Å². The number of hydrogen-bond donors (Lipinski definition) is 1. The van der Waals surface area contributed by atoms with Crippen LogP contribution in [0.25, 0.3) is 11.0 Å². The van der Waals surface area contributed by atoms with Gasteiger partial charge in [0.15, 0.2) is 0 Å². The molecule has 0 saturated carbocycles. The number of aliphatic hydroxyl groups is 1. The average Bonchev–Trinajstić information content (AvgIpc) is 2.72. The molecule has 3 nitrogen and oxygen atoms in total. The Hall–Kier alpha value is -1.35. The zero-order valence-electron chi connectivity index (χ0n) is 11.5. The molecule has 0 aliphatic rings. The van der Waals surface area contributed by atoms with E-state index in [1.165, 1.54) is 5.56 Å². The van der Waals surface area contributed by atoms with Gasteiger partial charge in [0, 0.05) is 6.54 Å². The molecule has 0 saturated heterocycles. The second-order valence-corrected chi connectivity index (χ2v) is 5.09. The first-order valence-electron chi connectivity index (χ1n) is 6.77. The van der Waals surface area contributed by atoms with Gasteiger partial charge in [-0.25, -0.2) is 4.98 Å². The van der Waals surface area contributed by atoms with Crippen LogP contribution in [0.4, 0.5) is 0 Å². The summed E-state index contributed by atoms with van der Waals surface area (Å²) in [5.74, 6) is 1.28. The van der Waals surface area contributed by atoms with Gasteiger partial charge >= 0.3 is 0 Å². The zero-order valence-corrected chi connectivity index (χ0v) is 11.5. The van der Waals surface area contributed by atoms with Crippen LogP contribution in [0.2, 0.25) is 0 Å². The largest absolute Gasteiger partial charge is 0.388 e. The van der Waals surface area contributed by atoms with Crippen molar-refractivity contribution in [2.45, 2.75) is 52.7 Å². The summed E-state index contributed by atoms with van der Waals surface area (Å²) in [5, 5.41) is 9.41. The van der Waals surface area contributed by atoms with E-state index in [-0.39, 0.29) is 6.61 Å². The first-order chi connectivity index (χ1) is 8.67. The molecule has 1 aromatic carbocycles. The van der Waals surface area contributed by atoms with Crippen molar-refractivity contribution in [2.24, 2.45) is 0 Å². The van der Waals surface area contributed by atoms with E-state index < -0.39 is 0 Å². The van der Waals surface area contributed by atoms with Crippen LogP contribution >= 0.6 is 0 Å². The molecule has 1 aromatic heterocycles. The maximum absolute atomic E-state index is 9.41. The Bertz CT molecular complexity index is 529. The fraction of sp³-hybridized carbons (Fsp3) is 0.533. The molecule has 0 atom stereocenters. The summed E-state index contributed by atoms with van der Waals surface area (Å²) in [5.41, 5.74) is 3.44. The topological polar surface area (TPSA) is 38.0 Å². The van der Waals surface area contributed by atoms with Crippen LogP contribution in [-0.2, 0) is 13.2 Å². The Morgan fingerprint density at radius 2 is 2.11 bits per heavy atom. The summed E-state index contributed by atoms with van der Waals surface area (Å²) in [6.07, 6.45) is 2.26. The van der Waals surface area contributed by atoms with E-state index in [1.54, 1.807) is 0 Å². The molecule has 0 spiro atoms. The third-order valence-electron chi connectivity index (χ3n) is 3.39. The number of benzene rings is 1. The third-order valence-corrected chi connectivity index (χ3v) is 3.39. The van der Waals surface area contributed by atoms with Crippen molar-refractivity contribution in [3.05, 3.63) is 29.6 Å². The van der Waals surface area contributed by atoms with Crippen molar-refractivity contribution >= 4 is 11.0 Å². The van der Waals surface area contributed by atoms with Gasteiger partial charge < -0.3 is 9.67 Å². The smallest absolute Gasteiger partial charge is 0.135 e. The quantitative estimate of drug-likeness (QED) is 0.877. The molecule has 0 unspecified atom stereocenters. The first-order valence-corrected chi connectivity index (χ1v) is 6.77. The lowest BCUT2D eigenvalue weighted by Crippen LogP contribution is -2.03. The molecule has 1 N–H and O–H groups in total. The van der Waals surface area contributed by atoms with Crippen molar-refractivity contribution in [1.29, 1.82) is 0 Å². The SMILES string of the molecule is CCCCn1c(CO)nc2cc(C(C)C)ccc21. The molecule has 0 bridgehead atoms. The van der Waals surface area contributed by atoms with Crippen molar-refractivity contribution in [2.75, 3.05) is 0 Å². The predicted octanol–water partition coefficient (Wildman–Crippen LogP) is 3.45. The minimum atomic E-state index is 0.00933. The van der Waals surface area contributed by atoms with Gasteiger partial charge in [-0.2, -0.15) is 0 Å². The highest BCUT2D eigenvalue weighted by Gasteiger charge is 2.10. The number of rotatable bonds is 5. The van der Waals surface area contributed by atoms with Gasteiger partial charge in [-0.1, -0.05) is 33.3 Å². The second kappa shape index (κ2) is 5.53. The number of fused-ring (bicyclic) bond motifs is 1. The van der Waals surface area contributed by atoms with E-state index in [0.29, 0.717) is 5.92 Å². The van der Waals surface area contributed by atoms with E-state index in [1.807, 2.05) is 0 Å². The molecule has 2 rings (SSSR count). The summed E-state index contributed by atoms with van der Waals surface area (Å²) in [6.45, 7) is 7.48. The number of aryl methyl sites for hydroxylation is 1. The van der Waals surface area contributed by atoms with Gasteiger partial charge in [-0.3, -0.25) is 0 Å². The minimum Gasteiger partial charge on any atom is -0.388 e. The molecule has 0 fully saturated rings. The maximum atomic E-state index is 9.41. The monoisotopic (exact) mass is 246 g/mol. The summed E-state index contributed by atoms with van der Waals surface area (Å²) >= 11 is 0. The third kappa shape index (κ3) is 2.41. The first kappa shape index (κ1) is 13.1. The average molecular weight is 246 g/mol. The molecule has 1 heterocycles. The zero-order chi connectivity index (χ0) is 13.1. The van der Waals surface area contributed by atoms with Gasteiger partial charge in [0.25, 0.3) is 0 Å². The van der Waals surface area contributed by atoms with Crippen LogP contribution in [0.3, 0.4) is 0 Å². The highest BCUT2D eigenvalue weighted by Crippen LogP contribution is 2.22. The summed E-state index contributed by atoms with van der Waals surface area (Å²) in [4.78, 5) is 4.54. The highest BCUT2D eigenvalue weighted by atomic mass is 16.3. The Kier molecular flexibility index (Phi) is 4.02. The molecule has 98 valence electrons. The Labute approximate surface area is 108 Å². The van der Waals surface area contributed by atoms with Crippen molar-refractivity contribution in [1.82, 2.24) is 9.55 Å². The number of aliphatic hydroxyl groups excluding tert-OH is 1. The molecule has 0 radical (unpaired) electrons. The van der Waals surface area contributed by atoms with E-state index in [0.717, 1.165) is 36.2 Å². The number of aromatic nitrogens is 2. The fourth-order valence-electron chi connectivity index (χ4n) is 2.24. The van der Waals surface area contributed by atoms with Gasteiger partial charge in [-0.05, 0) is 30.0 Å². The summed E-state index contributed by atoms with van der Waals surface area (Å²) < 4.78 is 2.14. The summed E-state index contributed by atoms with van der Waals surface area (Å²) in [7, 11) is 0.